The average molecular weight is 452 g/mol. The Kier molecular flexibility index (Phi) is 6.41. The van der Waals surface area contributed by atoms with Crippen LogP contribution in [0, 0.1) is 26.6 Å². The smallest absolute Gasteiger partial charge is 0.277 e. The van der Waals surface area contributed by atoms with E-state index in [-0.39, 0.29) is 29.9 Å². The van der Waals surface area contributed by atoms with Crippen molar-refractivity contribution < 1.29 is 18.3 Å². The maximum atomic E-state index is 12.9. The van der Waals surface area contributed by atoms with Gasteiger partial charge in [0.05, 0.1) is 5.75 Å². The molecule has 32 heavy (non-hydrogen) atoms. The van der Waals surface area contributed by atoms with Crippen LogP contribution in [0.4, 0.5) is 4.39 Å². The van der Waals surface area contributed by atoms with Crippen molar-refractivity contribution in [2.75, 3.05) is 5.75 Å². The summed E-state index contributed by atoms with van der Waals surface area (Å²) in [4.78, 5) is 12.9. The van der Waals surface area contributed by atoms with Gasteiger partial charge in [-0.25, -0.2) is 4.39 Å². The normalized spacial score (nSPS) is 11.0. The molecule has 0 radical (unpaired) electrons. The molecule has 0 unspecified atom stereocenters. The lowest BCUT2D eigenvalue weighted by atomic mass is 10.2. The molecule has 0 spiro atoms. The van der Waals surface area contributed by atoms with Gasteiger partial charge in [0.2, 0.25) is 0 Å². The molecule has 0 aliphatic carbocycles. The van der Waals surface area contributed by atoms with Gasteiger partial charge in [0.1, 0.15) is 11.6 Å². The lowest BCUT2D eigenvalue weighted by Crippen LogP contribution is -2.05. The highest BCUT2D eigenvalue weighted by Crippen LogP contribution is 2.24. The van der Waals surface area contributed by atoms with Gasteiger partial charge >= 0.3 is 0 Å². The molecule has 8 heteroatoms. The maximum Gasteiger partial charge on any atom is 0.277 e. The fourth-order valence-electron chi connectivity index (χ4n) is 3.37. The number of halogens is 1. The van der Waals surface area contributed by atoms with Crippen molar-refractivity contribution in [2.45, 2.75) is 32.6 Å². The van der Waals surface area contributed by atoms with Gasteiger partial charge in [-0.2, -0.15) is 0 Å². The van der Waals surface area contributed by atoms with Gasteiger partial charge in [0.25, 0.3) is 11.1 Å². The zero-order chi connectivity index (χ0) is 22.7. The number of Topliss-reactive ketones (excluding diaryl/α,β-unsaturated/α-hetero) is 1. The number of rotatable bonds is 8. The molecule has 0 amide bonds. The van der Waals surface area contributed by atoms with Crippen molar-refractivity contribution in [1.29, 1.82) is 0 Å². The molecular weight excluding hydrogens is 429 g/mol. The van der Waals surface area contributed by atoms with E-state index in [1.807, 2.05) is 39.0 Å². The third-order valence-corrected chi connectivity index (χ3v) is 5.79. The molecule has 0 aliphatic heterocycles. The molecular formula is C24H22FN3O3S. The first-order valence-electron chi connectivity index (χ1n) is 10.0. The number of benzene rings is 2. The van der Waals surface area contributed by atoms with Crippen LogP contribution in [0.2, 0.25) is 0 Å². The zero-order valence-corrected chi connectivity index (χ0v) is 18.8. The summed E-state index contributed by atoms with van der Waals surface area (Å²) < 4.78 is 26.1. The van der Waals surface area contributed by atoms with Crippen LogP contribution in [-0.2, 0) is 6.61 Å². The van der Waals surface area contributed by atoms with Crippen molar-refractivity contribution in [1.82, 2.24) is 14.8 Å². The van der Waals surface area contributed by atoms with Crippen LogP contribution in [0.25, 0.3) is 5.69 Å². The summed E-state index contributed by atoms with van der Waals surface area (Å²) in [6.07, 6.45) is 0. The number of hydrogen-bond donors (Lipinski definition) is 0. The number of thioether (sulfide) groups is 1. The second-order valence-corrected chi connectivity index (χ2v) is 8.30. The summed E-state index contributed by atoms with van der Waals surface area (Å²) in [5, 5.41) is 8.18. The second-order valence-electron chi connectivity index (χ2n) is 7.37. The third kappa shape index (κ3) is 4.91. The number of ether oxygens (including phenoxy) is 1. The van der Waals surface area contributed by atoms with Crippen molar-refractivity contribution in [3.63, 3.8) is 0 Å². The predicted molar refractivity (Wildman–Crippen MR) is 120 cm³/mol. The van der Waals surface area contributed by atoms with Gasteiger partial charge < -0.3 is 13.7 Å². The van der Waals surface area contributed by atoms with Gasteiger partial charge in [-0.15, -0.1) is 10.2 Å². The first-order valence-corrected chi connectivity index (χ1v) is 11.0. The Hall–Kier alpha value is -3.39. The van der Waals surface area contributed by atoms with Crippen molar-refractivity contribution in [2.24, 2.45) is 0 Å². The number of carbonyl (C=O) groups is 1. The van der Waals surface area contributed by atoms with Gasteiger partial charge in [-0.3, -0.25) is 4.79 Å². The Labute approximate surface area is 189 Å². The van der Waals surface area contributed by atoms with Crippen molar-refractivity contribution >= 4 is 17.5 Å². The second kappa shape index (κ2) is 9.40. The number of aryl methyl sites for hydroxylation is 2. The highest BCUT2D eigenvalue weighted by Gasteiger charge is 2.18. The fourth-order valence-corrected chi connectivity index (χ4v) is 4.04. The third-order valence-electron chi connectivity index (χ3n) is 4.97. The SMILES string of the molecule is Cc1ccc(-n2c(C)cc(C(=O)CSc3nnc(COc4ccc(F)cc4)o3)c2C)cc1. The zero-order valence-electron chi connectivity index (χ0n) is 18.0. The molecule has 0 saturated heterocycles. The number of nitrogens with zero attached hydrogens (tertiary/aromatic N) is 3. The summed E-state index contributed by atoms with van der Waals surface area (Å²) in [7, 11) is 0. The monoisotopic (exact) mass is 451 g/mol. The topological polar surface area (TPSA) is 70.2 Å². The summed E-state index contributed by atoms with van der Waals surface area (Å²) in [6, 6.07) is 15.8. The van der Waals surface area contributed by atoms with E-state index in [1.165, 1.54) is 41.6 Å². The van der Waals surface area contributed by atoms with E-state index in [0.29, 0.717) is 16.5 Å². The minimum Gasteiger partial charge on any atom is -0.484 e. The molecule has 2 aromatic heterocycles. The lowest BCUT2D eigenvalue weighted by molar-refractivity contribution is 0.102. The van der Waals surface area contributed by atoms with Crippen LogP contribution in [0.3, 0.4) is 0 Å². The van der Waals surface area contributed by atoms with E-state index < -0.39 is 0 Å². The summed E-state index contributed by atoms with van der Waals surface area (Å²) in [5.41, 5.74) is 4.79. The van der Waals surface area contributed by atoms with Gasteiger partial charge in [-0.05, 0) is 63.2 Å². The van der Waals surface area contributed by atoms with E-state index in [4.69, 9.17) is 9.15 Å². The highest BCUT2D eigenvalue weighted by atomic mass is 32.2. The van der Waals surface area contributed by atoms with Crippen molar-refractivity contribution in [3.8, 4) is 11.4 Å². The van der Waals surface area contributed by atoms with E-state index in [1.54, 1.807) is 0 Å². The Morgan fingerprint density at radius 1 is 1.06 bits per heavy atom. The molecule has 0 aliphatic rings. The molecule has 0 fully saturated rings. The number of ketones is 1. The molecule has 4 rings (SSSR count). The van der Waals surface area contributed by atoms with E-state index in [0.717, 1.165) is 17.1 Å². The van der Waals surface area contributed by atoms with Gasteiger partial charge in [0.15, 0.2) is 12.4 Å². The van der Waals surface area contributed by atoms with E-state index in [9.17, 15) is 9.18 Å². The first kappa shape index (κ1) is 21.8. The van der Waals surface area contributed by atoms with Crippen LogP contribution in [0.15, 0.2) is 64.2 Å². The van der Waals surface area contributed by atoms with E-state index >= 15 is 0 Å². The minimum absolute atomic E-state index is 0.0104. The maximum absolute atomic E-state index is 12.9. The summed E-state index contributed by atoms with van der Waals surface area (Å²) >= 11 is 1.19. The van der Waals surface area contributed by atoms with Crippen LogP contribution in [0.5, 0.6) is 5.75 Å². The van der Waals surface area contributed by atoms with Gasteiger partial charge in [0, 0.05) is 22.6 Å². The lowest BCUT2D eigenvalue weighted by Gasteiger charge is -2.10. The van der Waals surface area contributed by atoms with Crippen LogP contribution < -0.4 is 4.74 Å². The Balaban J connectivity index is 1.37. The summed E-state index contributed by atoms with van der Waals surface area (Å²) in [5.74, 6) is 0.611. The van der Waals surface area contributed by atoms with Crippen LogP contribution >= 0.6 is 11.8 Å². The quantitative estimate of drug-likeness (QED) is 0.261. The minimum atomic E-state index is -0.335. The molecule has 2 aromatic carbocycles. The Morgan fingerprint density at radius 3 is 2.50 bits per heavy atom. The molecule has 0 saturated carbocycles. The predicted octanol–water partition coefficient (Wildman–Crippen LogP) is 5.48. The molecule has 164 valence electrons. The number of carbonyl (C=O) groups excluding carboxylic acids is 1. The molecule has 0 bridgehead atoms. The fraction of sp³-hybridized carbons (Fsp3) is 0.208. The van der Waals surface area contributed by atoms with E-state index in [2.05, 4.69) is 26.9 Å². The first-order chi connectivity index (χ1) is 15.4. The number of hydrogen-bond acceptors (Lipinski definition) is 6. The van der Waals surface area contributed by atoms with Crippen molar-refractivity contribution in [3.05, 3.63) is 88.8 Å². The molecule has 0 atom stereocenters. The molecule has 6 nitrogen and oxygen atoms in total. The number of aromatic nitrogens is 3. The Bertz CT molecular complexity index is 1230. The molecule has 0 N–H and O–H groups in total. The summed E-state index contributed by atoms with van der Waals surface area (Å²) in [6.45, 7) is 6.04. The molecule has 2 heterocycles. The van der Waals surface area contributed by atoms with Crippen LogP contribution in [-0.4, -0.2) is 26.3 Å². The van der Waals surface area contributed by atoms with Gasteiger partial charge in [-0.1, -0.05) is 29.5 Å². The largest absolute Gasteiger partial charge is 0.484 e. The Morgan fingerprint density at radius 2 is 1.78 bits per heavy atom. The average Bonchev–Trinajstić information content (AvgIpc) is 3.36. The standard InChI is InChI=1S/C24H22FN3O3S/c1-15-4-8-19(9-5-15)28-16(2)12-21(17(28)3)22(29)14-32-24-27-26-23(31-24)13-30-20-10-6-18(25)7-11-20/h4-12H,13-14H2,1-3H3. The van der Waals surface area contributed by atoms with Crippen LogP contribution in [0.1, 0.15) is 33.2 Å². The molecule has 4 aromatic rings. The highest BCUT2D eigenvalue weighted by molar-refractivity contribution is 7.99.